The topological polar surface area (TPSA) is 136 Å². The van der Waals surface area contributed by atoms with E-state index in [4.69, 9.17) is 10.5 Å². The number of carbonyl (C=O) groups is 1. The van der Waals surface area contributed by atoms with Crippen molar-refractivity contribution >= 4 is 17.4 Å². The van der Waals surface area contributed by atoms with E-state index < -0.39 is 5.41 Å². The molecule has 1 aromatic carbocycles. The molecule has 0 bridgehead atoms. The Labute approximate surface area is 161 Å². The average molecular weight is 380 g/mol. The summed E-state index contributed by atoms with van der Waals surface area (Å²) in [5.74, 6) is 0.514. The highest BCUT2D eigenvalue weighted by Crippen LogP contribution is 2.32. The minimum absolute atomic E-state index is 0.131. The van der Waals surface area contributed by atoms with Crippen LogP contribution < -0.4 is 15.4 Å². The monoisotopic (exact) mass is 380 g/mol. The van der Waals surface area contributed by atoms with Crippen molar-refractivity contribution in [2.24, 2.45) is 0 Å². The molecule has 10 heteroatoms. The van der Waals surface area contributed by atoms with Gasteiger partial charge in [0.15, 0.2) is 5.82 Å². The fourth-order valence-electron chi connectivity index (χ4n) is 3.32. The first-order valence-corrected chi connectivity index (χ1v) is 8.78. The number of aromatic nitrogens is 6. The van der Waals surface area contributed by atoms with Crippen molar-refractivity contribution in [3.05, 3.63) is 46.9 Å². The lowest BCUT2D eigenvalue weighted by Crippen LogP contribution is -2.39. The van der Waals surface area contributed by atoms with E-state index in [-0.39, 0.29) is 17.7 Å². The Balaban J connectivity index is 1.63. The number of anilines is 2. The lowest BCUT2D eigenvalue weighted by atomic mass is 9.84. The summed E-state index contributed by atoms with van der Waals surface area (Å²) in [5, 5.41) is 14.3. The van der Waals surface area contributed by atoms with Gasteiger partial charge < -0.3 is 15.4 Å². The number of H-pyrrole nitrogens is 1. The van der Waals surface area contributed by atoms with E-state index in [1.807, 2.05) is 38.1 Å². The first-order chi connectivity index (χ1) is 13.4. The third kappa shape index (κ3) is 2.82. The number of carbonyl (C=O) groups excluding carboxylic acids is 1. The van der Waals surface area contributed by atoms with Crippen LogP contribution in [-0.4, -0.2) is 50.2 Å². The summed E-state index contributed by atoms with van der Waals surface area (Å²) in [7, 11) is 1.47. The molecule has 0 unspecified atom stereocenters. The molecule has 10 nitrogen and oxygen atoms in total. The van der Waals surface area contributed by atoms with Crippen LogP contribution in [0.4, 0.5) is 11.5 Å². The predicted molar refractivity (Wildman–Crippen MR) is 101 cm³/mol. The molecule has 28 heavy (non-hydrogen) atoms. The second-order valence-corrected chi connectivity index (χ2v) is 7.03. The normalized spacial score (nSPS) is 14.1. The van der Waals surface area contributed by atoms with Crippen molar-refractivity contribution in [3.63, 3.8) is 0 Å². The maximum absolute atomic E-state index is 13.0. The molecule has 0 atom stereocenters. The molecule has 2 aromatic heterocycles. The zero-order chi connectivity index (χ0) is 19.9. The average Bonchev–Trinajstić information content (AvgIpc) is 3.23. The van der Waals surface area contributed by atoms with Crippen molar-refractivity contribution in [3.8, 4) is 6.01 Å². The molecular weight excluding hydrogens is 360 g/mol. The zero-order valence-corrected chi connectivity index (χ0v) is 15.8. The number of benzene rings is 1. The molecule has 3 aromatic rings. The van der Waals surface area contributed by atoms with Crippen LogP contribution >= 0.6 is 0 Å². The largest absolute Gasteiger partial charge is 0.467 e. The number of nitrogens with one attached hydrogen (secondary N) is 1. The Morgan fingerprint density at radius 3 is 2.61 bits per heavy atom. The summed E-state index contributed by atoms with van der Waals surface area (Å²) in [6.45, 7) is 4.53. The number of tetrazole rings is 1. The predicted octanol–water partition coefficient (Wildman–Crippen LogP) is 1.11. The van der Waals surface area contributed by atoms with Crippen LogP contribution in [0.3, 0.4) is 0 Å². The molecule has 1 amide bonds. The van der Waals surface area contributed by atoms with Crippen LogP contribution in [0, 0.1) is 0 Å². The molecule has 0 radical (unpaired) electrons. The van der Waals surface area contributed by atoms with E-state index in [2.05, 4.69) is 30.6 Å². The van der Waals surface area contributed by atoms with Gasteiger partial charge >= 0.3 is 6.01 Å². The fourth-order valence-corrected chi connectivity index (χ4v) is 3.32. The highest BCUT2D eigenvalue weighted by Gasteiger charge is 2.31. The Morgan fingerprint density at radius 1 is 1.21 bits per heavy atom. The molecule has 0 spiro atoms. The summed E-state index contributed by atoms with van der Waals surface area (Å²) >= 11 is 0. The Morgan fingerprint density at radius 2 is 1.96 bits per heavy atom. The molecule has 144 valence electrons. The Hall–Kier alpha value is -3.56. The molecule has 0 fully saturated rings. The molecule has 3 N–H and O–H groups in total. The number of methoxy groups -OCH3 is 1. The first-order valence-electron chi connectivity index (χ1n) is 8.78. The van der Waals surface area contributed by atoms with Gasteiger partial charge in [0, 0.05) is 18.7 Å². The SMILES string of the molecule is COc1nc(N)c2c(n1)CCN(c1ccc(C(C)(C)c3nn[nH]n3)cc1)C2=O. The van der Waals surface area contributed by atoms with Crippen molar-refractivity contribution in [2.75, 3.05) is 24.3 Å². The number of hydrogen-bond acceptors (Lipinski definition) is 8. The minimum Gasteiger partial charge on any atom is -0.467 e. The van der Waals surface area contributed by atoms with Gasteiger partial charge in [-0.2, -0.15) is 15.2 Å². The molecular formula is C18H20N8O2. The van der Waals surface area contributed by atoms with Crippen molar-refractivity contribution in [1.82, 2.24) is 30.6 Å². The highest BCUT2D eigenvalue weighted by molar-refractivity contribution is 6.10. The molecule has 0 saturated carbocycles. The van der Waals surface area contributed by atoms with Gasteiger partial charge in [-0.1, -0.05) is 17.3 Å². The van der Waals surface area contributed by atoms with Crippen LogP contribution in [0.5, 0.6) is 6.01 Å². The molecule has 1 aliphatic rings. The van der Waals surface area contributed by atoms with Gasteiger partial charge in [0.2, 0.25) is 0 Å². The molecule has 0 saturated heterocycles. The zero-order valence-electron chi connectivity index (χ0n) is 15.8. The molecule has 0 aliphatic carbocycles. The summed E-state index contributed by atoms with van der Waals surface area (Å²) in [5.41, 5.74) is 8.30. The molecule has 3 heterocycles. The van der Waals surface area contributed by atoms with Crippen molar-refractivity contribution in [1.29, 1.82) is 0 Å². The maximum Gasteiger partial charge on any atom is 0.318 e. The van der Waals surface area contributed by atoms with E-state index in [1.165, 1.54) is 7.11 Å². The quantitative estimate of drug-likeness (QED) is 0.687. The van der Waals surface area contributed by atoms with Crippen LogP contribution in [0.25, 0.3) is 0 Å². The number of ether oxygens (including phenoxy) is 1. The Bertz CT molecular complexity index is 1010. The number of aromatic amines is 1. The van der Waals surface area contributed by atoms with E-state index >= 15 is 0 Å². The van der Waals surface area contributed by atoms with Gasteiger partial charge in [-0.05, 0) is 31.5 Å². The van der Waals surface area contributed by atoms with E-state index in [0.717, 1.165) is 11.3 Å². The number of nitrogens with two attached hydrogens (primary N) is 1. The Kier molecular flexibility index (Phi) is 4.17. The molecule has 4 rings (SSSR count). The number of fused-ring (bicyclic) bond motifs is 1. The van der Waals surface area contributed by atoms with E-state index in [9.17, 15) is 4.79 Å². The number of nitrogens with zero attached hydrogens (tertiary/aromatic N) is 6. The number of hydrogen-bond donors (Lipinski definition) is 2. The highest BCUT2D eigenvalue weighted by atomic mass is 16.5. The maximum atomic E-state index is 13.0. The van der Waals surface area contributed by atoms with Crippen LogP contribution in [-0.2, 0) is 11.8 Å². The molecule has 1 aliphatic heterocycles. The lowest BCUT2D eigenvalue weighted by Gasteiger charge is -2.29. The summed E-state index contributed by atoms with van der Waals surface area (Å²) < 4.78 is 5.04. The number of amides is 1. The van der Waals surface area contributed by atoms with Crippen LogP contribution in [0.15, 0.2) is 24.3 Å². The third-order valence-electron chi connectivity index (χ3n) is 5.01. The van der Waals surface area contributed by atoms with Crippen molar-refractivity contribution < 1.29 is 9.53 Å². The van der Waals surface area contributed by atoms with Gasteiger partial charge in [0.1, 0.15) is 11.4 Å². The minimum atomic E-state index is -0.418. The number of nitrogen functional groups attached to an aromatic ring is 1. The van der Waals surface area contributed by atoms with Gasteiger partial charge in [-0.15, -0.1) is 10.2 Å². The summed E-state index contributed by atoms with van der Waals surface area (Å²) in [4.78, 5) is 23.0. The van der Waals surface area contributed by atoms with Gasteiger partial charge in [0.25, 0.3) is 5.91 Å². The standard InChI is InChI=1S/C18H20N8O2/c1-18(2,16-22-24-25-23-16)10-4-6-11(7-5-10)26-9-8-12-13(15(26)27)14(19)21-17(20-12)28-3/h4-7H,8-9H2,1-3H3,(H2,19,20,21)(H,22,23,24,25). The van der Waals surface area contributed by atoms with Crippen LogP contribution in [0.2, 0.25) is 0 Å². The lowest BCUT2D eigenvalue weighted by molar-refractivity contribution is 0.0980. The second-order valence-electron chi connectivity index (χ2n) is 7.03. The number of rotatable bonds is 4. The van der Waals surface area contributed by atoms with Crippen molar-refractivity contribution in [2.45, 2.75) is 25.7 Å². The van der Waals surface area contributed by atoms with Gasteiger partial charge in [-0.25, -0.2) is 0 Å². The smallest absolute Gasteiger partial charge is 0.318 e. The first kappa shape index (κ1) is 17.8. The fraction of sp³-hybridized carbons (Fsp3) is 0.333. The van der Waals surface area contributed by atoms with Crippen LogP contribution in [0.1, 0.15) is 41.3 Å². The van der Waals surface area contributed by atoms with E-state index in [0.29, 0.717) is 30.0 Å². The summed E-state index contributed by atoms with van der Waals surface area (Å²) in [6.07, 6.45) is 0.570. The van der Waals surface area contributed by atoms with E-state index in [1.54, 1.807) is 4.90 Å². The third-order valence-corrected chi connectivity index (χ3v) is 5.01. The summed E-state index contributed by atoms with van der Waals surface area (Å²) in [6, 6.07) is 7.90. The van der Waals surface area contributed by atoms with Gasteiger partial charge in [-0.3, -0.25) is 4.79 Å². The van der Waals surface area contributed by atoms with Gasteiger partial charge in [0.05, 0.1) is 18.2 Å². The second kappa shape index (κ2) is 6.55.